The number of rotatable bonds is 5. The van der Waals surface area contributed by atoms with Crippen LogP contribution in [0.2, 0.25) is 0 Å². The summed E-state index contributed by atoms with van der Waals surface area (Å²) in [6.07, 6.45) is 8.31. The van der Waals surface area contributed by atoms with Gasteiger partial charge < -0.3 is 9.47 Å². The number of aromatic nitrogens is 8. The maximum atomic E-state index is 4.98. The highest BCUT2D eigenvalue weighted by atomic mass is 15.6. The van der Waals surface area contributed by atoms with Crippen LogP contribution in [0.25, 0.3) is 11.2 Å². The van der Waals surface area contributed by atoms with Crippen molar-refractivity contribution in [3.63, 3.8) is 0 Å². The molecule has 1 saturated carbocycles. The average molecular weight is 409 g/mol. The molecule has 4 heterocycles. The Balaban J connectivity index is 1.61. The molecular formula is C20H28N10. The number of hydrogen-bond acceptors (Lipinski definition) is 8. The Morgan fingerprint density at radius 2 is 2.03 bits per heavy atom. The molecule has 3 aromatic heterocycles. The Hall–Kier alpha value is -2.91. The molecule has 0 radical (unpaired) electrons. The van der Waals surface area contributed by atoms with Gasteiger partial charge in [0, 0.05) is 25.2 Å². The lowest BCUT2D eigenvalue weighted by Gasteiger charge is -2.25. The number of anilines is 1. The molecule has 1 aliphatic carbocycles. The van der Waals surface area contributed by atoms with Crippen molar-refractivity contribution in [3.8, 4) is 0 Å². The first kappa shape index (κ1) is 19.1. The van der Waals surface area contributed by atoms with Crippen LogP contribution in [-0.4, -0.2) is 65.6 Å². The molecule has 1 unspecified atom stereocenters. The van der Waals surface area contributed by atoms with Gasteiger partial charge in [-0.25, -0.2) is 19.6 Å². The van der Waals surface area contributed by atoms with Crippen molar-refractivity contribution in [3.05, 3.63) is 18.0 Å². The molecule has 0 N–H and O–H groups in total. The van der Waals surface area contributed by atoms with Crippen molar-refractivity contribution in [1.82, 2.24) is 39.7 Å². The molecule has 0 bridgehead atoms. The molecule has 10 nitrogen and oxygen atoms in total. The first-order valence-corrected chi connectivity index (χ1v) is 10.6. The molecule has 2 aliphatic rings. The summed E-state index contributed by atoms with van der Waals surface area (Å²) in [5.41, 5.74) is 1.47. The van der Waals surface area contributed by atoms with Gasteiger partial charge in [0.15, 0.2) is 22.8 Å². The van der Waals surface area contributed by atoms with Crippen LogP contribution in [0.1, 0.15) is 64.1 Å². The summed E-state index contributed by atoms with van der Waals surface area (Å²) in [7, 11) is 1.82. The van der Waals surface area contributed by atoms with Gasteiger partial charge in [-0.05, 0) is 36.1 Å². The lowest BCUT2D eigenvalue weighted by Crippen LogP contribution is -2.32. The number of nitrogens with zero attached hydrogens (tertiary/aromatic N) is 10. The third kappa shape index (κ3) is 3.33. The monoisotopic (exact) mass is 408 g/mol. The number of imidazole rings is 1. The van der Waals surface area contributed by atoms with Crippen molar-refractivity contribution in [1.29, 1.82) is 0 Å². The third-order valence-corrected chi connectivity index (χ3v) is 5.77. The molecule has 0 spiro atoms. The topological polar surface area (TPSA) is 103 Å². The van der Waals surface area contributed by atoms with Crippen molar-refractivity contribution in [2.45, 2.75) is 70.5 Å². The van der Waals surface area contributed by atoms with Gasteiger partial charge in [0.2, 0.25) is 0 Å². The summed E-state index contributed by atoms with van der Waals surface area (Å²) in [5.74, 6) is 2.55. The zero-order valence-corrected chi connectivity index (χ0v) is 18.0. The van der Waals surface area contributed by atoms with Crippen molar-refractivity contribution < 1.29 is 0 Å². The predicted molar refractivity (Wildman–Crippen MR) is 114 cm³/mol. The highest BCUT2D eigenvalue weighted by Crippen LogP contribution is 2.35. The second-order valence-electron chi connectivity index (χ2n) is 9.25. The first-order chi connectivity index (χ1) is 14.5. The van der Waals surface area contributed by atoms with Gasteiger partial charge in [0.1, 0.15) is 5.82 Å². The zero-order valence-electron chi connectivity index (χ0n) is 18.0. The minimum absolute atomic E-state index is 0.179. The quantitative estimate of drug-likeness (QED) is 0.596. The van der Waals surface area contributed by atoms with Crippen LogP contribution >= 0.6 is 0 Å². The standard InChI is InChI=1S/C20H28N10/c1-20(2,3)19-23-17-16(18(24-19)29-9-5-6-14(29)10-21-4)22-12-28(17)11-15-25-26-27-30(15)13-7-8-13/h10,12-14H,5-9,11H2,1-4H3. The van der Waals surface area contributed by atoms with Crippen molar-refractivity contribution in [2.24, 2.45) is 4.99 Å². The molecule has 1 atom stereocenters. The van der Waals surface area contributed by atoms with Gasteiger partial charge in [-0.3, -0.25) is 4.99 Å². The van der Waals surface area contributed by atoms with E-state index < -0.39 is 0 Å². The van der Waals surface area contributed by atoms with Gasteiger partial charge in [-0.1, -0.05) is 20.8 Å². The fourth-order valence-corrected chi connectivity index (χ4v) is 4.03. The molecule has 2 fully saturated rings. The van der Waals surface area contributed by atoms with E-state index in [4.69, 9.17) is 15.0 Å². The number of fused-ring (bicyclic) bond motifs is 1. The normalized spacial score (nSPS) is 20.1. The van der Waals surface area contributed by atoms with E-state index in [1.807, 2.05) is 28.8 Å². The van der Waals surface area contributed by atoms with Crippen LogP contribution in [0.15, 0.2) is 11.3 Å². The van der Waals surface area contributed by atoms with Crippen LogP contribution in [0.3, 0.4) is 0 Å². The van der Waals surface area contributed by atoms with Gasteiger partial charge >= 0.3 is 0 Å². The maximum absolute atomic E-state index is 4.98. The molecule has 1 aliphatic heterocycles. The molecule has 10 heteroatoms. The lowest BCUT2D eigenvalue weighted by molar-refractivity contribution is 0.544. The fraction of sp³-hybridized carbons (Fsp3) is 0.650. The average Bonchev–Trinajstić information content (AvgIpc) is 3.10. The van der Waals surface area contributed by atoms with Gasteiger partial charge in [-0.15, -0.1) is 5.10 Å². The molecule has 30 heavy (non-hydrogen) atoms. The summed E-state index contributed by atoms with van der Waals surface area (Å²) in [5, 5.41) is 12.3. The molecular weight excluding hydrogens is 380 g/mol. The van der Waals surface area contributed by atoms with Gasteiger partial charge in [0.05, 0.1) is 25.0 Å². The highest BCUT2D eigenvalue weighted by molar-refractivity contribution is 5.86. The minimum atomic E-state index is -0.179. The van der Waals surface area contributed by atoms with Gasteiger partial charge in [-0.2, -0.15) is 0 Å². The highest BCUT2D eigenvalue weighted by Gasteiger charge is 2.31. The Labute approximate surface area is 175 Å². The van der Waals surface area contributed by atoms with E-state index >= 15 is 0 Å². The summed E-state index contributed by atoms with van der Waals surface area (Å²) < 4.78 is 3.98. The summed E-state index contributed by atoms with van der Waals surface area (Å²) in [6.45, 7) is 7.91. The van der Waals surface area contributed by atoms with Crippen LogP contribution in [-0.2, 0) is 12.0 Å². The first-order valence-electron chi connectivity index (χ1n) is 10.6. The molecule has 158 valence electrons. The largest absolute Gasteiger partial charge is 0.347 e. The number of hydrogen-bond donors (Lipinski definition) is 0. The van der Waals surface area contributed by atoms with E-state index in [-0.39, 0.29) is 11.5 Å². The Morgan fingerprint density at radius 3 is 2.77 bits per heavy atom. The van der Waals surface area contributed by atoms with Crippen LogP contribution in [0.4, 0.5) is 5.82 Å². The number of aliphatic imine (C=N–C) groups is 1. The smallest absolute Gasteiger partial charge is 0.171 e. The van der Waals surface area contributed by atoms with Crippen LogP contribution < -0.4 is 4.90 Å². The molecule has 1 saturated heterocycles. The predicted octanol–water partition coefficient (Wildman–Crippen LogP) is 2.16. The van der Waals surface area contributed by atoms with E-state index in [0.717, 1.165) is 60.9 Å². The van der Waals surface area contributed by atoms with Crippen LogP contribution in [0.5, 0.6) is 0 Å². The number of tetrazole rings is 1. The van der Waals surface area contributed by atoms with Crippen molar-refractivity contribution in [2.75, 3.05) is 18.5 Å². The maximum Gasteiger partial charge on any atom is 0.171 e. The molecule has 0 aromatic carbocycles. The Morgan fingerprint density at radius 1 is 1.20 bits per heavy atom. The minimum Gasteiger partial charge on any atom is -0.347 e. The summed E-state index contributed by atoms with van der Waals surface area (Å²) in [4.78, 5) is 21.2. The van der Waals surface area contributed by atoms with E-state index in [1.54, 1.807) is 0 Å². The van der Waals surface area contributed by atoms with Crippen LogP contribution in [0, 0.1) is 0 Å². The fourth-order valence-electron chi connectivity index (χ4n) is 4.03. The lowest BCUT2D eigenvalue weighted by atomic mass is 9.95. The van der Waals surface area contributed by atoms with Crippen molar-refractivity contribution >= 4 is 23.2 Å². The zero-order chi connectivity index (χ0) is 20.9. The van der Waals surface area contributed by atoms with E-state index in [0.29, 0.717) is 12.6 Å². The summed E-state index contributed by atoms with van der Waals surface area (Å²) >= 11 is 0. The summed E-state index contributed by atoms with van der Waals surface area (Å²) in [6, 6.07) is 0.673. The second kappa shape index (κ2) is 7.10. The molecule has 3 aromatic rings. The van der Waals surface area contributed by atoms with E-state index in [9.17, 15) is 0 Å². The SMILES string of the molecule is CN=CC1CCCN1c1nc(C(C)(C)C)nc2c1ncn2Cc1nnnn1C1CC1. The third-order valence-electron chi connectivity index (χ3n) is 5.77. The second-order valence-corrected chi connectivity index (χ2v) is 9.25. The Kier molecular flexibility index (Phi) is 4.52. The Bertz CT molecular complexity index is 1080. The van der Waals surface area contributed by atoms with E-state index in [1.165, 1.54) is 0 Å². The van der Waals surface area contributed by atoms with Gasteiger partial charge in [0.25, 0.3) is 0 Å². The molecule has 5 rings (SSSR count). The molecule has 0 amide bonds. The van der Waals surface area contributed by atoms with E-state index in [2.05, 4.69) is 46.2 Å².